The Kier molecular flexibility index (Phi) is 9.20. The average Bonchev–Trinajstić information content (AvgIpc) is 2.60. The Morgan fingerprint density at radius 1 is 0.625 bits per heavy atom. The first-order valence-corrected chi connectivity index (χ1v) is 8.84. The highest BCUT2D eigenvalue weighted by Gasteiger charge is 2.25. The van der Waals surface area contributed by atoms with Crippen molar-refractivity contribution in [2.75, 3.05) is 21.3 Å². The number of methoxy groups -OCH3 is 3. The summed E-state index contributed by atoms with van der Waals surface area (Å²) in [6, 6.07) is 0. The molecule has 0 spiro atoms. The first-order chi connectivity index (χ1) is 11.6. The van der Waals surface area contributed by atoms with Crippen LogP contribution < -0.4 is 14.2 Å². The van der Waals surface area contributed by atoms with E-state index in [0.29, 0.717) is 23.5 Å². The lowest BCUT2D eigenvalue weighted by Gasteiger charge is -2.18. The Morgan fingerprint density at radius 3 is 1.62 bits per heavy atom. The summed E-state index contributed by atoms with van der Waals surface area (Å²) in [6.07, 6.45) is 10.3. The van der Waals surface area contributed by atoms with Gasteiger partial charge in [0.1, 0.15) is 0 Å². The zero-order chi connectivity index (χ0) is 17.9. The number of ether oxygens (including phenoxy) is 3. The molecule has 1 rings (SSSR count). The van der Waals surface area contributed by atoms with Crippen LogP contribution in [0.25, 0.3) is 0 Å². The van der Waals surface area contributed by atoms with Crippen LogP contribution in [0.2, 0.25) is 0 Å². The molecule has 0 heterocycles. The summed E-state index contributed by atoms with van der Waals surface area (Å²) in [5.41, 5.74) is 0.568. The molecule has 0 amide bonds. The Bertz CT molecular complexity index is 499. The van der Waals surface area contributed by atoms with Gasteiger partial charge in [0.15, 0.2) is 11.5 Å². The van der Waals surface area contributed by atoms with Crippen LogP contribution in [0, 0.1) is 0 Å². The highest BCUT2D eigenvalue weighted by molar-refractivity contribution is 5.69. The van der Waals surface area contributed by atoms with Gasteiger partial charge in [-0.2, -0.15) is 0 Å². The molecule has 0 atom stereocenters. The smallest absolute Gasteiger partial charge is 0.211 e. The molecule has 0 bridgehead atoms. The zero-order valence-corrected chi connectivity index (χ0v) is 15.5. The number of phenolic OH excluding ortho intramolecular Hbond substituents is 2. The summed E-state index contributed by atoms with van der Waals surface area (Å²) in [5.74, 6) is 0.334. The third-order valence-corrected chi connectivity index (χ3v) is 4.30. The highest BCUT2D eigenvalue weighted by Crippen LogP contribution is 2.52. The normalized spacial score (nSPS) is 10.7. The minimum Gasteiger partial charge on any atom is -0.504 e. The Morgan fingerprint density at radius 2 is 1.12 bits per heavy atom. The number of phenols is 2. The molecule has 5 nitrogen and oxygen atoms in total. The van der Waals surface area contributed by atoms with E-state index < -0.39 is 0 Å². The molecular formula is C19H32O5. The minimum absolute atomic E-state index is 0.0894. The molecule has 138 valence electrons. The SMILES string of the molecule is CCCCCCCCCCc1c(O)c(O)c(OC)c(OC)c1OC. The van der Waals surface area contributed by atoms with Gasteiger partial charge in [-0.05, 0) is 12.8 Å². The third kappa shape index (κ3) is 5.11. The summed E-state index contributed by atoms with van der Waals surface area (Å²) in [5, 5.41) is 20.4. The third-order valence-electron chi connectivity index (χ3n) is 4.30. The summed E-state index contributed by atoms with van der Waals surface area (Å²) in [4.78, 5) is 0. The van der Waals surface area contributed by atoms with E-state index in [1.165, 1.54) is 59.9 Å². The number of aromatic hydroxyl groups is 2. The predicted octanol–water partition coefficient (Wildman–Crippen LogP) is 4.81. The van der Waals surface area contributed by atoms with Crippen molar-refractivity contribution in [1.29, 1.82) is 0 Å². The zero-order valence-electron chi connectivity index (χ0n) is 15.5. The second-order valence-corrected chi connectivity index (χ2v) is 6.00. The fraction of sp³-hybridized carbons (Fsp3) is 0.684. The molecule has 0 saturated heterocycles. The molecule has 1 aromatic rings. The number of unbranched alkanes of at least 4 members (excludes halogenated alkanes) is 7. The van der Waals surface area contributed by atoms with Crippen molar-refractivity contribution in [3.63, 3.8) is 0 Å². The number of hydrogen-bond donors (Lipinski definition) is 2. The lowest BCUT2D eigenvalue weighted by Crippen LogP contribution is -2.00. The van der Waals surface area contributed by atoms with Crippen LogP contribution in [0.5, 0.6) is 28.7 Å². The molecule has 0 aliphatic carbocycles. The Labute approximate surface area is 145 Å². The van der Waals surface area contributed by atoms with Gasteiger partial charge in [-0.1, -0.05) is 51.9 Å². The fourth-order valence-corrected chi connectivity index (χ4v) is 2.96. The minimum atomic E-state index is -0.301. The van der Waals surface area contributed by atoms with Gasteiger partial charge in [0.25, 0.3) is 0 Å². The second-order valence-electron chi connectivity index (χ2n) is 6.00. The quantitative estimate of drug-likeness (QED) is 0.422. The molecule has 0 saturated carbocycles. The summed E-state index contributed by atoms with van der Waals surface area (Å²) in [7, 11) is 4.41. The molecule has 0 aromatic heterocycles. The van der Waals surface area contributed by atoms with E-state index in [2.05, 4.69) is 6.92 Å². The van der Waals surface area contributed by atoms with Crippen LogP contribution in [-0.2, 0) is 6.42 Å². The maximum absolute atomic E-state index is 10.3. The maximum atomic E-state index is 10.3. The van der Waals surface area contributed by atoms with Gasteiger partial charge < -0.3 is 24.4 Å². The van der Waals surface area contributed by atoms with Crippen molar-refractivity contribution in [3.05, 3.63) is 5.56 Å². The predicted molar refractivity (Wildman–Crippen MR) is 95.7 cm³/mol. The Balaban J connectivity index is 2.69. The van der Waals surface area contributed by atoms with Crippen LogP contribution in [0.4, 0.5) is 0 Å². The van der Waals surface area contributed by atoms with Crippen LogP contribution in [-0.4, -0.2) is 31.5 Å². The van der Waals surface area contributed by atoms with Crippen LogP contribution in [0.15, 0.2) is 0 Å². The fourth-order valence-electron chi connectivity index (χ4n) is 2.96. The van der Waals surface area contributed by atoms with Crippen molar-refractivity contribution in [1.82, 2.24) is 0 Å². The topological polar surface area (TPSA) is 68.2 Å². The van der Waals surface area contributed by atoms with E-state index in [0.717, 1.165) is 12.8 Å². The number of rotatable bonds is 12. The Hall–Kier alpha value is -1.78. The first kappa shape index (κ1) is 20.3. The molecule has 0 fully saturated rings. The van der Waals surface area contributed by atoms with Gasteiger partial charge in [-0.25, -0.2) is 0 Å². The molecule has 2 N–H and O–H groups in total. The van der Waals surface area contributed by atoms with Crippen molar-refractivity contribution in [3.8, 4) is 28.7 Å². The standard InChI is InChI=1S/C19H32O5/c1-5-6-7-8-9-10-11-12-13-14-15(20)16(21)18(23-3)19(24-4)17(14)22-2/h20-21H,5-13H2,1-4H3. The monoisotopic (exact) mass is 340 g/mol. The van der Waals surface area contributed by atoms with E-state index in [4.69, 9.17) is 14.2 Å². The van der Waals surface area contributed by atoms with Crippen molar-refractivity contribution < 1.29 is 24.4 Å². The molecular weight excluding hydrogens is 308 g/mol. The number of benzene rings is 1. The largest absolute Gasteiger partial charge is 0.504 e. The lowest BCUT2D eigenvalue weighted by atomic mass is 10.0. The highest BCUT2D eigenvalue weighted by atomic mass is 16.5. The molecule has 0 radical (unpaired) electrons. The van der Waals surface area contributed by atoms with E-state index in [1.807, 2.05) is 0 Å². The van der Waals surface area contributed by atoms with Crippen molar-refractivity contribution >= 4 is 0 Å². The van der Waals surface area contributed by atoms with Gasteiger partial charge in [0.05, 0.1) is 21.3 Å². The summed E-state index contributed by atoms with van der Waals surface area (Å²) >= 11 is 0. The maximum Gasteiger partial charge on any atom is 0.211 e. The molecule has 5 heteroatoms. The molecule has 1 aromatic carbocycles. The van der Waals surface area contributed by atoms with Crippen LogP contribution in [0.1, 0.15) is 63.9 Å². The van der Waals surface area contributed by atoms with Crippen LogP contribution in [0.3, 0.4) is 0 Å². The molecule has 0 aliphatic heterocycles. The van der Waals surface area contributed by atoms with E-state index >= 15 is 0 Å². The van der Waals surface area contributed by atoms with Gasteiger partial charge in [0.2, 0.25) is 17.2 Å². The molecule has 0 aliphatic rings. The second kappa shape index (κ2) is 10.9. The first-order valence-electron chi connectivity index (χ1n) is 8.84. The van der Waals surface area contributed by atoms with Crippen molar-refractivity contribution in [2.45, 2.75) is 64.7 Å². The van der Waals surface area contributed by atoms with Crippen LogP contribution >= 0.6 is 0 Å². The molecule has 0 unspecified atom stereocenters. The van der Waals surface area contributed by atoms with E-state index in [9.17, 15) is 10.2 Å². The average molecular weight is 340 g/mol. The van der Waals surface area contributed by atoms with E-state index in [1.54, 1.807) is 0 Å². The van der Waals surface area contributed by atoms with Gasteiger partial charge in [-0.3, -0.25) is 0 Å². The summed E-state index contributed by atoms with van der Waals surface area (Å²) in [6.45, 7) is 2.22. The molecule has 24 heavy (non-hydrogen) atoms. The van der Waals surface area contributed by atoms with E-state index in [-0.39, 0.29) is 17.2 Å². The summed E-state index contributed by atoms with van der Waals surface area (Å²) < 4.78 is 15.8. The van der Waals surface area contributed by atoms with Gasteiger partial charge >= 0.3 is 0 Å². The number of hydrogen-bond acceptors (Lipinski definition) is 5. The van der Waals surface area contributed by atoms with Gasteiger partial charge in [0, 0.05) is 5.56 Å². The lowest BCUT2D eigenvalue weighted by molar-refractivity contribution is 0.297. The van der Waals surface area contributed by atoms with Crippen molar-refractivity contribution in [2.24, 2.45) is 0 Å². The van der Waals surface area contributed by atoms with Gasteiger partial charge in [-0.15, -0.1) is 0 Å².